The average Bonchev–Trinajstić information content (AvgIpc) is 3.05. The molecular weight excluding hydrogens is 360 g/mol. The largest absolute Gasteiger partial charge is 0.465 e. The van der Waals surface area contributed by atoms with Gasteiger partial charge in [-0.3, -0.25) is 14.4 Å². The second-order valence-electron chi connectivity index (χ2n) is 5.87. The lowest BCUT2D eigenvalue weighted by Crippen LogP contribution is -2.30. The normalized spacial score (nSPS) is 13.4. The Bertz CT molecular complexity index is 1020. The van der Waals surface area contributed by atoms with E-state index in [2.05, 4.69) is 4.74 Å². The van der Waals surface area contributed by atoms with Gasteiger partial charge in [-0.2, -0.15) is 0 Å². The summed E-state index contributed by atoms with van der Waals surface area (Å²) >= 11 is 0. The maximum atomic E-state index is 13.2. The smallest absolute Gasteiger partial charge is 0.337 e. The molecule has 0 amide bonds. The molecule has 0 aromatic heterocycles. The Balaban J connectivity index is 2.11. The van der Waals surface area contributed by atoms with Crippen molar-refractivity contribution in [2.75, 3.05) is 18.0 Å². The summed E-state index contributed by atoms with van der Waals surface area (Å²) in [5.41, 5.74) is 1.43. The number of carbonyl (C=O) groups excluding carboxylic acids is 1. The first-order chi connectivity index (χ1) is 12.3. The Morgan fingerprint density at radius 1 is 1.23 bits per heavy atom. The number of sulfonamides is 1. The standard InChI is InChI=1S/C17H16N2O6S/c1-11-3-4-13(17(20)25-2)9-16(11)26(23,24)18-8-7-12-5-6-14(19(21)22)10-15(12)18/h3-6,9-10H,7-8H2,1-2H3. The molecule has 3 rings (SSSR count). The van der Waals surface area contributed by atoms with E-state index in [-0.39, 0.29) is 22.7 Å². The number of hydrogen-bond donors (Lipinski definition) is 0. The highest BCUT2D eigenvalue weighted by Crippen LogP contribution is 2.36. The van der Waals surface area contributed by atoms with Crippen molar-refractivity contribution < 1.29 is 22.9 Å². The van der Waals surface area contributed by atoms with Gasteiger partial charge >= 0.3 is 5.97 Å². The molecule has 0 bridgehead atoms. The predicted octanol–water partition coefficient (Wildman–Crippen LogP) is 2.44. The topological polar surface area (TPSA) is 107 Å². The number of aryl methyl sites for hydroxylation is 1. The van der Waals surface area contributed by atoms with Crippen molar-refractivity contribution in [3.63, 3.8) is 0 Å². The number of non-ortho nitro benzene ring substituents is 1. The lowest BCUT2D eigenvalue weighted by molar-refractivity contribution is -0.384. The minimum Gasteiger partial charge on any atom is -0.465 e. The number of fused-ring (bicyclic) bond motifs is 1. The van der Waals surface area contributed by atoms with Crippen LogP contribution in [0, 0.1) is 17.0 Å². The lowest BCUT2D eigenvalue weighted by atomic mass is 10.1. The molecule has 0 saturated carbocycles. The fourth-order valence-electron chi connectivity index (χ4n) is 2.94. The zero-order chi connectivity index (χ0) is 19.1. The van der Waals surface area contributed by atoms with Crippen LogP contribution in [0.4, 0.5) is 11.4 Å². The van der Waals surface area contributed by atoms with E-state index < -0.39 is 20.9 Å². The zero-order valence-electron chi connectivity index (χ0n) is 14.1. The molecule has 2 aromatic carbocycles. The van der Waals surface area contributed by atoms with Crippen LogP contribution in [0.2, 0.25) is 0 Å². The number of hydrogen-bond acceptors (Lipinski definition) is 6. The number of ether oxygens (including phenoxy) is 1. The monoisotopic (exact) mass is 376 g/mol. The molecule has 0 saturated heterocycles. The third-order valence-corrected chi connectivity index (χ3v) is 6.27. The highest BCUT2D eigenvalue weighted by Gasteiger charge is 2.33. The van der Waals surface area contributed by atoms with Gasteiger partial charge in [-0.05, 0) is 36.6 Å². The summed E-state index contributed by atoms with van der Waals surface area (Å²) in [6.45, 7) is 1.80. The molecule has 0 aliphatic carbocycles. The van der Waals surface area contributed by atoms with E-state index in [1.54, 1.807) is 13.0 Å². The summed E-state index contributed by atoms with van der Waals surface area (Å²) < 4.78 is 32.1. The number of rotatable bonds is 4. The minimum absolute atomic E-state index is 0.0280. The molecule has 0 spiro atoms. The first kappa shape index (κ1) is 17.9. The van der Waals surface area contributed by atoms with Gasteiger partial charge in [-0.15, -0.1) is 0 Å². The van der Waals surface area contributed by atoms with E-state index in [1.165, 1.54) is 37.4 Å². The summed E-state index contributed by atoms with van der Waals surface area (Å²) in [6.07, 6.45) is 0.461. The van der Waals surface area contributed by atoms with Gasteiger partial charge in [-0.1, -0.05) is 12.1 Å². The minimum atomic E-state index is -3.99. The first-order valence-corrected chi connectivity index (χ1v) is 9.18. The van der Waals surface area contributed by atoms with E-state index in [0.29, 0.717) is 17.7 Å². The summed E-state index contributed by atoms with van der Waals surface area (Å²) in [4.78, 5) is 22.2. The predicted molar refractivity (Wildman–Crippen MR) is 93.9 cm³/mol. The number of benzene rings is 2. The van der Waals surface area contributed by atoms with Crippen molar-refractivity contribution in [1.29, 1.82) is 0 Å². The molecule has 1 aliphatic heterocycles. The van der Waals surface area contributed by atoms with Crippen molar-refractivity contribution in [2.24, 2.45) is 0 Å². The fourth-order valence-corrected chi connectivity index (χ4v) is 4.69. The van der Waals surface area contributed by atoms with Gasteiger partial charge in [0, 0.05) is 18.7 Å². The Hall–Kier alpha value is -2.94. The maximum Gasteiger partial charge on any atom is 0.337 e. The van der Waals surface area contributed by atoms with Crippen molar-refractivity contribution in [3.8, 4) is 0 Å². The second kappa shape index (κ2) is 6.41. The van der Waals surface area contributed by atoms with Gasteiger partial charge in [-0.25, -0.2) is 13.2 Å². The Morgan fingerprint density at radius 3 is 2.62 bits per heavy atom. The van der Waals surface area contributed by atoms with Crippen LogP contribution in [0.25, 0.3) is 0 Å². The Labute approximate surface area is 150 Å². The van der Waals surface area contributed by atoms with E-state index in [0.717, 1.165) is 9.87 Å². The molecule has 2 aromatic rings. The van der Waals surface area contributed by atoms with Crippen molar-refractivity contribution in [3.05, 3.63) is 63.2 Å². The molecule has 0 atom stereocenters. The number of anilines is 1. The molecule has 26 heavy (non-hydrogen) atoms. The van der Waals surface area contributed by atoms with Gasteiger partial charge in [0.15, 0.2) is 0 Å². The number of nitro groups is 1. The SMILES string of the molecule is COC(=O)c1ccc(C)c(S(=O)(=O)N2CCc3ccc([N+](=O)[O-])cc32)c1. The van der Waals surface area contributed by atoms with Gasteiger partial charge in [0.25, 0.3) is 15.7 Å². The van der Waals surface area contributed by atoms with E-state index >= 15 is 0 Å². The molecule has 1 aliphatic rings. The molecule has 8 nitrogen and oxygen atoms in total. The van der Waals surface area contributed by atoms with Crippen molar-refractivity contribution >= 4 is 27.4 Å². The zero-order valence-corrected chi connectivity index (χ0v) is 14.9. The van der Waals surface area contributed by atoms with Crippen LogP contribution in [0.3, 0.4) is 0 Å². The van der Waals surface area contributed by atoms with Crippen LogP contribution in [0.1, 0.15) is 21.5 Å². The van der Waals surface area contributed by atoms with Crippen LogP contribution < -0.4 is 4.31 Å². The Morgan fingerprint density at radius 2 is 1.96 bits per heavy atom. The quantitative estimate of drug-likeness (QED) is 0.461. The third kappa shape index (κ3) is 2.90. The van der Waals surface area contributed by atoms with E-state index in [9.17, 15) is 23.3 Å². The summed E-state index contributed by atoms with van der Waals surface area (Å²) in [5, 5.41) is 11.0. The van der Waals surface area contributed by atoms with Crippen molar-refractivity contribution in [2.45, 2.75) is 18.2 Å². The number of nitro benzene ring substituents is 1. The third-order valence-electron chi connectivity index (χ3n) is 4.31. The van der Waals surface area contributed by atoms with Crippen LogP contribution in [0.15, 0.2) is 41.3 Å². The van der Waals surface area contributed by atoms with E-state index in [4.69, 9.17) is 0 Å². The fraction of sp³-hybridized carbons (Fsp3) is 0.235. The molecular formula is C17H16N2O6S. The van der Waals surface area contributed by atoms with Crippen molar-refractivity contribution in [1.82, 2.24) is 0 Å². The molecule has 0 radical (unpaired) electrons. The molecule has 0 unspecified atom stereocenters. The number of nitrogens with zero attached hydrogens (tertiary/aromatic N) is 2. The molecule has 9 heteroatoms. The van der Waals surface area contributed by atoms with Gasteiger partial charge in [0.2, 0.25) is 0 Å². The lowest BCUT2D eigenvalue weighted by Gasteiger charge is -2.21. The molecule has 1 heterocycles. The number of carbonyl (C=O) groups is 1. The van der Waals surface area contributed by atoms with Gasteiger partial charge in [0.1, 0.15) is 0 Å². The number of methoxy groups -OCH3 is 1. The molecule has 136 valence electrons. The van der Waals surface area contributed by atoms with Crippen LogP contribution in [0.5, 0.6) is 0 Å². The Kier molecular flexibility index (Phi) is 4.41. The average molecular weight is 376 g/mol. The van der Waals surface area contributed by atoms with Gasteiger partial charge in [0.05, 0.1) is 28.2 Å². The van der Waals surface area contributed by atoms with Gasteiger partial charge < -0.3 is 4.74 Å². The first-order valence-electron chi connectivity index (χ1n) is 7.74. The highest BCUT2D eigenvalue weighted by molar-refractivity contribution is 7.93. The van der Waals surface area contributed by atoms with E-state index in [1.807, 2.05) is 0 Å². The summed E-state index contributed by atoms with van der Waals surface area (Å²) in [5.74, 6) is -0.640. The number of esters is 1. The summed E-state index contributed by atoms with van der Waals surface area (Å²) in [7, 11) is -2.77. The highest BCUT2D eigenvalue weighted by atomic mass is 32.2. The molecule has 0 N–H and O–H groups in total. The van der Waals surface area contributed by atoms with Crippen LogP contribution in [-0.2, 0) is 21.2 Å². The maximum absolute atomic E-state index is 13.2. The summed E-state index contributed by atoms with van der Waals surface area (Å²) in [6, 6.07) is 8.48. The van der Waals surface area contributed by atoms with Crippen LogP contribution in [-0.4, -0.2) is 33.0 Å². The second-order valence-corrected chi connectivity index (χ2v) is 7.70. The molecule has 0 fully saturated rings. The van der Waals surface area contributed by atoms with Crippen LogP contribution >= 0.6 is 0 Å².